The molecule has 0 saturated heterocycles. The zero-order chi connectivity index (χ0) is 14.0. The summed E-state index contributed by atoms with van der Waals surface area (Å²) in [5.74, 6) is 0.725. The molecular weight excluding hydrogens is 253 g/mol. The van der Waals surface area contributed by atoms with Gasteiger partial charge in [-0.1, -0.05) is 12.8 Å². The third-order valence-corrected chi connectivity index (χ3v) is 3.25. The molecule has 1 saturated carbocycles. The Morgan fingerprint density at radius 1 is 1.42 bits per heavy atom. The van der Waals surface area contributed by atoms with Crippen LogP contribution in [-0.4, -0.2) is 6.04 Å². The van der Waals surface area contributed by atoms with Crippen LogP contribution in [-0.2, 0) is 6.18 Å². The Bertz CT molecular complexity index is 498. The van der Waals surface area contributed by atoms with Crippen LogP contribution in [0.4, 0.5) is 18.9 Å². The number of nitriles is 1. The molecule has 1 aromatic rings. The van der Waals surface area contributed by atoms with E-state index in [4.69, 9.17) is 5.26 Å². The second-order valence-electron chi connectivity index (χ2n) is 5.09. The van der Waals surface area contributed by atoms with Crippen LogP contribution >= 0.6 is 0 Å². The monoisotopic (exact) mass is 268 g/mol. The van der Waals surface area contributed by atoms with Gasteiger partial charge in [-0.3, -0.25) is 0 Å². The van der Waals surface area contributed by atoms with E-state index < -0.39 is 11.7 Å². The van der Waals surface area contributed by atoms with Gasteiger partial charge < -0.3 is 5.32 Å². The fourth-order valence-electron chi connectivity index (χ4n) is 2.12. The lowest BCUT2D eigenvalue weighted by atomic mass is 10.1. The quantitative estimate of drug-likeness (QED) is 0.889. The van der Waals surface area contributed by atoms with Crippen LogP contribution < -0.4 is 5.32 Å². The molecule has 1 aliphatic carbocycles. The van der Waals surface area contributed by atoms with Crippen LogP contribution in [0.3, 0.4) is 0 Å². The molecule has 2 nitrogen and oxygen atoms in total. The lowest BCUT2D eigenvalue weighted by molar-refractivity contribution is -0.137. The highest BCUT2D eigenvalue weighted by Gasteiger charge is 2.31. The fourth-order valence-corrected chi connectivity index (χ4v) is 2.12. The van der Waals surface area contributed by atoms with Gasteiger partial charge in [0.05, 0.1) is 16.8 Å². The Morgan fingerprint density at radius 3 is 2.63 bits per heavy atom. The van der Waals surface area contributed by atoms with Gasteiger partial charge in [-0.25, -0.2) is 0 Å². The number of halogens is 3. The van der Waals surface area contributed by atoms with Gasteiger partial charge in [0.1, 0.15) is 6.07 Å². The van der Waals surface area contributed by atoms with Crippen LogP contribution in [0.1, 0.15) is 37.3 Å². The molecule has 0 amide bonds. The number of alkyl halides is 3. The lowest BCUT2D eigenvalue weighted by Gasteiger charge is -2.17. The maximum absolute atomic E-state index is 12.5. The molecule has 19 heavy (non-hydrogen) atoms. The number of hydrogen-bond acceptors (Lipinski definition) is 2. The number of hydrogen-bond donors (Lipinski definition) is 1. The zero-order valence-electron chi connectivity index (χ0n) is 10.6. The molecule has 1 aromatic carbocycles. The van der Waals surface area contributed by atoms with E-state index >= 15 is 0 Å². The average Bonchev–Trinajstić information content (AvgIpc) is 3.11. The van der Waals surface area contributed by atoms with Crippen molar-refractivity contribution in [1.29, 1.82) is 5.26 Å². The van der Waals surface area contributed by atoms with Crippen LogP contribution in [0.25, 0.3) is 0 Å². The average molecular weight is 268 g/mol. The molecule has 0 heterocycles. The SMILES string of the molecule is CC(CC1CC1)Nc1ccc(C(F)(F)F)cc1C#N. The standard InChI is InChI=1S/C14H15F3N2/c1-9(6-10-2-3-10)19-13-5-4-12(14(15,16)17)7-11(13)8-18/h4-5,7,9-10,19H,2-3,6H2,1H3. The van der Waals surface area contributed by atoms with E-state index in [1.165, 1.54) is 18.9 Å². The first-order valence-electron chi connectivity index (χ1n) is 6.28. The van der Waals surface area contributed by atoms with E-state index in [9.17, 15) is 13.2 Å². The Balaban J connectivity index is 2.14. The number of anilines is 1. The molecule has 5 heteroatoms. The van der Waals surface area contributed by atoms with Gasteiger partial charge in [0, 0.05) is 6.04 Å². The summed E-state index contributed by atoms with van der Waals surface area (Å²) >= 11 is 0. The van der Waals surface area contributed by atoms with Crippen LogP contribution in [0.15, 0.2) is 18.2 Å². The van der Waals surface area contributed by atoms with Gasteiger partial charge in [0.25, 0.3) is 0 Å². The fraction of sp³-hybridized carbons (Fsp3) is 0.500. The van der Waals surface area contributed by atoms with Crippen LogP contribution in [0, 0.1) is 17.2 Å². The number of benzene rings is 1. The van der Waals surface area contributed by atoms with Gasteiger partial charge in [-0.2, -0.15) is 18.4 Å². The lowest BCUT2D eigenvalue weighted by Crippen LogP contribution is -2.17. The zero-order valence-corrected chi connectivity index (χ0v) is 10.6. The highest BCUT2D eigenvalue weighted by molar-refractivity contribution is 5.59. The summed E-state index contributed by atoms with van der Waals surface area (Å²) in [4.78, 5) is 0. The second-order valence-corrected chi connectivity index (χ2v) is 5.09. The van der Waals surface area contributed by atoms with Gasteiger partial charge in [0.2, 0.25) is 0 Å². The van der Waals surface area contributed by atoms with Crippen molar-refractivity contribution >= 4 is 5.69 Å². The predicted molar refractivity (Wildman–Crippen MR) is 66.6 cm³/mol. The van der Waals surface area contributed by atoms with E-state index in [0.29, 0.717) is 5.69 Å². The molecule has 0 aromatic heterocycles. The van der Waals surface area contributed by atoms with Gasteiger partial charge >= 0.3 is 6.18 Å². The third kappa shape index (κ3) is 3.63. The van der Waals surface area contributed by atoms with E-state index in [1.54, 1.807) is 0 Å². The topological polar surface area (TPSA) is 35.8 Å². The normalized spacial score (nSPS) is 16.8. The molecule has 0 radical (unpaired) electrons. The van der Waals surface area contributed by atoms with Crippen molar-refractivity contribution in [3.05, 3.63) is 29.3 Å². The maximum atomic E-state index is 12.5. The molecule has 1 atom stereocenters. The second kappa shape index (κ2) is 5.12. The Kier molecular flexibility index (Phi) is 3.70. The summed E-state index contributed by atoms with van der Waals surface area (Å²) in [6.07, 6.45) is -0.968. The van der Waals surface area contributed by atoms with Crippen LogP contribution in [0.5, 0.6) is 0 Å². The summed E-state index contributed by atoms with van der Waals surface area (Å²) in [5, 5.41) is 12.1. The summed E-state index contributed by atoms with van der Waals surface area (Å²) in [6, 6.07) is 5.22. The van der Waals surface area contributed by atoms with Crippen molar-refractivity contribution in [1.82, 2.24) is 0 Å². The smallest absolute Gasteiger partial charge is 0.382 e. The first kappa shape index (κ1) is 13.7. The van der Waals surface area contributed by atoms with E-state index in [1.807, 2.05) is 13.0 Å². The van der Waals surface area contributed by atoms with Crippen molar-refractivity contribution in [2.45, 2.75) is 38.4 Å². The molecule has 2 rings (SSSR count). The van der Waals surface area contributed by atoms with Crippen molar-refractivity contribution in [3.63, 3.8) is 0 Å². The predicted octanol–water partition coefficient (Wildman–Crippen LogP) is 4.18. The Morgan fingerprint density at radius 2 is 2.11 bits per heavy atom. The summed E-state index contributed by atoms with van der Waals surface area (Å²) in [6.45, 7) is 1.98. The van der Waals surface area contributed by atoms with Crippen molar-refractivity contribution in [2.24, 2.45) is 5.92 Å². The summed E-state index contributed by atoms with van der Waals surface area (Å²) < 4.78 is 37.6. The third-order valence-electron chi connectivity index (χ3n) is 3.25. The molecule has 1 aliphatic rings. The number of nitrogens with one attached hydrogen (secondary N) is 1. The number of rotatable bonds is 4. The molecule has 0 aliphatic heterocycles. The van der Waals surface area contributed by atoms with Crippen LogP contribution in [0.2, 0.25) is 0 Å². The molecule has 0 bridgehead atoms. The molecular formula is C14H15F3N2. The summed E-state index contributed by atoms with van der Waals surface area (Å²) in [7, 11) is 0. The minimum atomic E-state index is -4.41. The summed E-state index contributed by atoms with van der Waals surface area (Å²) in [5.41, 5.74) is -0.273. The van der Waals surface area contributed by atoms with E-state index in [2.05, 4.69) is 5.32 Å². The molecule has 102 valence electrons. The largest absolute Gasteiger partial charge is 0.416 e. The first-order valence-corrected chi connectivity index (χ1v) is 6.28. The van der Waals surface area contributed by atoms with Gasteiger partial charge in [-0.05, 0) is 37.5 Å². The molecule has 0 spiro atoms. The molecule has 1 N–H and O–H groups in total. The highest BCUT2D eigenvalue weighted by Crippen LogP contribution is 2.35. The Hall–Kier alpha value is -1.70. The van der Waals surface area contributed by atoms with Gasteiger partial charge in [0.15, 0.2) is 0 Å². The van der Waals surface area contributed by atoms with Crippen molar-refractivity contribution in [3.8, 4) is 6.07 Å². The van der Waals surface area contributed by atoms with E-state index in [-0.39, 0.29) is 11.6 Å². The Labute approximate surface area is 110 Å². The first-order chi connectivity index (χ1) is 8.90. The minimum Gasteiger partial charge on any atom is -0.382 e. The highest BCUT2D eigenvalue weighted by atomic mass is 19.4. The maximum Gasteiger partial charge on any atom is 0.416 e. The minimum absolute atomic E-state index is 0.0393. The van der Waals surface area contributed by atoms with Crippen molar-refractivity contribution in [2.75, 3.05) is 5.32 Å². The molecule has 1 fully saturated rings. The molecule has 1 unspecified atom stereocenters. The van der Waals surface area contributed by atoms with Crippen molar-refractivity contribution < 1.29 is 13.2 Å². The van der Waals surface area contributed by atoms with Gasteiger partial charge in [-0.15, -0.1) is 0 Å². The van der Waals surface area contributed by atoms with E-state index in [0.717, 1.165) is 24.5 Å². The number of nitrogens with zero attached hydrogens (tertiary/aromatic N) is 1.